The summed E-state index contributed by atoms with van der Waals surface area (Å²) in [5, 5.41) is 5.66. The third-order valence-corrected chi connectivity index (χ3v) is 7.07. The molecule has 0 aliphatic carbocycles. The number of rotatable bonds is 7. The summed E-state index contributed by atoms with van der Waals surface area (Å²) in [7, 11) is 0. The summed E-state index contributed by atoms with van der Waals surface area (Å²) in [6, 6.07) is 16.3. The number of piperazine rings is 1. The second-order valence-corrected chi connectivity index (χ2v) is 9.57. The van der Waals surface area contributed by atoms with Crippen LogP contribution in [0.5, 0.6) is 0 Å². The number of hydrogen-bond donors (Lipinski definition) is 0. The highest BCUT2D eigenvalue weighted by atomic mass is 19.1. The van der Waals surface area contributed by atoms with Gasteiger partial charge in [0.1, 0.15) is 17.5 Å². The van der Waals surface area contributed by atoms with Crippen molar-refractivity contribution in [3.63, 3.8) is 0 Å². The van der Waals surface area contributed by atoms with Crippen LogP contribution >= 0.6 is 0 Å². The zero-order chi connectivity index (χ0) is 25.9. The zero-order valence-electron chi connectivity index (χ0n) is 21.7. The van der Waals surface area contributed by atoms with Gasteiger partial charge in [-0.3, -0.25) is 4.79 Å². The van der Waals surface area contributed by atoms with Gasteiger partial charge in [-0.05, 0) is 49.6 Å². The summed E-state index contributed by atoms with van der Waals surface area (Å²) < 4.78 is 15.3. The number of fused-ring (bicyclic) bond motifs is 1. The fraction of sp³-hybridized carbons (Fsp3) is 0.379. The number of aromatic nitrogens is 4. The van der Waals surface area contributed by atoms with Gasteiger partial charge < -0.3 is 9.80 Å². The van der Waals surface area contributed by atoms with Gasteiger partial charge in [-0.2, -0.15) is 5.10 Å². The summed E-state index contributed by atoms with van der Waals surface area (Å²) in [5.74, 6) is 1.41. The molecule has 1 unspecified atom stereocenters. The Morgan fingerprint density at radius 1 is 0.973 bits per heavy atom. The Labute approximate surface area is 216 Å². The fourth-order valence-corrected chi connectivity index (χ4v) is 5.13. The molecule has 5 rings (SSSR count). The number of nitrogens with zero attached hydrogens (tertiary/aromatic N) is 6. The average molecular weight is 501 g/mol. The van der Waals surface area contributed by atoms with E-state index in [4.69, 9.17) is 15.1 Å². The smallest absolute Gasteiger partial charge is 0.230 e. The van der Waals surface area contributed by atoms with Crippen LogP contribution in [0.25, 0.3) is 16.7 Å². The summed E-state index contributed by atoms with van der Waals surface area (Å²) in [6.45, 7) is 8.80. The highest BCUT2D eigenvalue weighted by molar-refractivity contribution is 5.91. The Kier molecular flexibility index (Phi) is 7.17. The Morgan fingerprint density at radius 2 is 1.68 bits per heavy atom. The van der Waals surface area contributed by atoms with Gasteiger partial charge in [-0.25, -0.2) is 19.0 Å². The number of amides is 1. The van der Waals surface area contributed by atoms with Gasteiger partial charge in [0, 0.05) is 32.6 Å². The molecule has 8 heteroatoms. The maximum Gasteiger partial charge on any atom is 0.230 e. The Morgan fingerprint density at radius 3 is 2.32 bits per heavy atom. The highest BCUT2D eigenvalue weighted by Gasteiger charge is 2.29. The van der Waals surface area contributed by atoms with E-state index in [0.717, 1.165) is 58.9 Å². The molecular weight excluding hydrogens is 467 g/mol. The highest BCUT2D eigenvalue weighted by Crippen LogP contribution is 2.31. The van der Waals surface area contributed by atoms with Crippen LogP contribution in [0.4, 0.5) is 10.2 Å². The first kappa shape index (κ1) is 24.9. The molecule has 3 heterocycles. The molecule has 1 aliphatic heterocycles. The van der Waals surface area contributed by atoms with Crippen molar-refractivity contribution in [2.24, 2.45) is 0 Å². The molecule has 1 amide bonds. The number of benzene rings is 2. The van der Waals surface area contributed by atoms with E-state index in [9.17, 15) is 9.18 Å². The molecule has 37 heavy (non-hydrogen) atoms. The van der Waals surface area contributed by atoms with Crippen LogP contribution in [0, 0.1) is 12.7 Å². The van der Waals surface area contributed by atoms with E-state index in [2.05, 4.69) is 18.7 Å². The van der Waals surface area contributed by atoms with E-state index in [1.807, 2.05) is 42.2 Å². The van der Waals surface area contributed by atoms with Gasteiger partial charge >= 0.3 is 0 Å². The Balaban J connectivity index is 1.44. The standard InChI is InChI=1S/C29H33FN6O/c1-4-9-25-31-27(26-20(3)33-36(28(26)32-25)23-14-12-22(30)13-15-23)34-16-18-35(19-17-34)29(37)24(5-2)21-10-7-6-8-11-21/h6-8,10-15,24H,4-5,9,16-19H2,1-3H3. The van der Waals surface area contributed by atoms with Gasteiger partial charge in [-0.1, -0.05) is 44.2 Å². The molecule has 0 spiro atoms. The molecule has 1 fully saturated rings. The summed E-state index contributed by atoms with van der Waals surface area (Å²) >= 11 is 0. The van der Waals surface area contributed by atoms with Gasteiger partial charge in [-0.15, -0.1) is 0 Å². The Hall–Kier alpha value is -3.81. The number of carbonyl (C=O) groups excluding carboxylic acids is 1. The molecule has 1 aliphatic rings. The molecule has 0 N–H and O–H groups in total. The second-order valence-electron chi connectivity index (χ2n) is 9.57. The maximum atomic E-state index is 13.6. The molecule has 2 aromatic carbocycles. The zero-order valence-corrected chi connectivity index (χ0v) is 21.7. The molecule has 1 atom stereocenters. The minimum atomic E-state index is -0.288. The molecular formula is C29H33FN6O. The van der Waals surface area contributed by atoms with Crippen LogP contribution in [0.2, 0.25) is 0 Å². The van der Waals surface area contributed by atoms with E-state index in [0.29, 0.717) is 26.2 Å². The lowest BCUT2D eigenvalue weighted by molar-refractivity contribution is -0.133. The third kappa shape index (κ3) is 4.92. The van der Waals surface area contributed by atoms with Gasteiger partial charge in [0.25, 0.3) is 0 Å². The number of hydrogen-bond acceptors (Lipinski definition) is 5. The first-order chi connectivity index (χ1) is 18.0. The average Bonchev–Trinajstić information content (AvgIpc) is 3.26. The normalized spacial score (nSPS) is 14.8. The number of aryl methyl sites for hydroxylation is 2. The van der Waals surface area contributed by atoms with Crippen molar-refractivity contribution in [2.75, 3.05) is 31.1 Å². The molecule has 192 valence electrons. The molecule has 2 aromatic heterocycles. The third-order valence-electron chi connectivity index (χ3n) is 7.07. The van der Waals surface area contributed by atoms with Gasteiger partial charge in [0.05, 0.1) is 22.7 Å². The van der Waals surface area contributed by atoms with Crippen LogP contribution in [-0.2, 0) is 11.2 Å². The first-order valence-electron chi connectivity index (χ1n) is 13.1. The summed E-state index contributed by atoms with van der Waals surface area (Å²) in [5.41, 5.74) is 3.38. The minimum absolute atomic E-state index is 0.120. The van der Waals surface area contributed by atoms with Crippen LogP contribution in [-0.4, -0.2) is 56.7 Å². The van der Waals surface area contributed by atoms with Crippen molar-refractivity contribution >= 4 is 22.8 Å². The first-order valence-corrected chi connectivity index (χ1v) is 13.1. The van der Waals surface area contributed by atoms with Gasteiger partial charge in [0.2, 0.25) is 5.91 Å². The Bertz CT molecular complexity index is 1380. The molecule has 4 aromatic rings. The topological polar surface area (TPSA) is 67.2 Å². The van der Waals surface area contributed by atoms with E-state index >= 15 is 0 Å². The van der Waals surface area contributed by atoms with Crippen molar-refractivity contribution in [2.45, 2.75) is 46.0 Å². The van der Waals surface area contributed by atoms with Crippen molar-refractivity contribution in [1.82, 2.24) is 24.6 Å². The lowest BCUT2D eigenvalue weighted by atomic mass is 9.95. The van der Waals surface area contributed by atoms with Crippen molar-refractivity contribution in [1.29, 1.82) is 0 Å². The molecule has 0 radical (unpaired) electrons. The minimum Gasteiger partial charge on any atom is -0.352 e. The van der Waals surface area contributed by atoms with Crippen LogP contribution < -0.4 is 4.90 Å². The number of anilines is 1. The van der Waals surface area contributed by atoms with E-state index in [1.54, 1.807) is 16.8 Å². The fourth-order valence-electron chi connectivity index (χ4n) is 5.13. The molecule has 7 nitrogen and oxygen atoms in total. The van der Waals surface area contributed by atoms with Crippen molar-refractivity contribution in [3.8, 4) is 5.69 Å². The maximum absolute atomic E-state index is 13.6. The predicted octanol–water partition coefficient (Wildman–Crippen LogP) is 5.06. The van der Waals surface area contributed by atoms with Crippen LogP contribution in [0.3, 0.4) is 0 Å². The number of carbonyl (C=O) groups is 1. The van der Waals surface area contributed by atoms with Crippen LogP contribution in [0.15, 0.2) is 54.6 Å². The molecule has 0 saturated carbocycles. The lowest BCUT2D eigenvalue weighted by Crippen LogP contribution is -2.50. The van der Waals surface area contributed by atoms with E-state index in [1.165, 1.54) is 12.1 Å². The second kappa shape index (κ2) is 10.7. The van der Waals surface area contributed by atoms with E-state index < -0.39 is 0 Å². The SMILES string of the molecule is CCCc1nc(N2CCN(C(=O)C(CC)c3ccccc3)CC2)c2c(C)nn(-c3ccc(F)cc3)c2n1. The molecule has 1 saturated heterocycles. The molecule has 0 bridgehead atoms. The number of halogens is 1. The van der Waals surface area contributed by atoms with Crippen molar-refractivity contribution < 1.29 is 9.18 Å². The summed E-state index contributed by atoms with van der Waals surface area (Å²) in [6.07, 6.45) is 2.46. The monoisotopic (exact) mass is 500 g/mol. The largest absolute Gasteiger partial charge is 0.352 e. The quantitative estimate of drug-likeness (QED) is 0.355. The lowest BCUT2D eigenvalue weighted by Gasteiger charge is -2.37. The van der Waals surface area contributed by atoms with Gasteiger partial charge in [0.15, 0.2) is 5.65 Å². The predicted molar refractivity (Wildman–Crippen MR) is 144 cm³/mol. The van der Waals surface area contributed by atoms with Crippen LogP contribution in [0.1, 0.15) is 49.7 Å². The summed E-state index contributed by atoms with van der Waals surface area (Å²) in [4.78, 5) is 27.5. The van der Waals surface area contributed by atoms with Crippen molar-refractivity contribution in [3.05, 3.63) is 77.5 Å². The van der Waals surface area contributed by atoms with E-state index in [-0.39, 0.29) is 17.6 Å².